The van der Waals surface area contributed by atoms with Crippen molar-refractivity contribution in [3.63, 3.8) is 0 Å². The molecule has 2 aromatic rings. The molecule has 0 unspecified atom stereocenters. The zero-order chi connectivity index (χ0) is 10.7. The van der Waals surface area contributed by atoms with Gasteiger partial charge in [-0.05, 0) is 36.2 Å². The number of benzene rings is 1. The Kier molecular flexibility index (Phi) is 4.37. The van der Waals surface area contributed by atoms with Gasteiger partial charge in [0.25, 0.3) is 0 Å². The van der Waals surface area contributed by atoms with Gasteiger partial charge in [0, 0.05) is 26.3 Å². The SMILES string of the molecule is [C-]#[N+]c1ccc(C)c(-c2ccccn2)c1.[Ir]. The number of pyridine rings is 1. The summed E-state index contributed by atoms with van der Waals surface area (Å²) in [5.41, 5.74) is 3.74. The summed E-state index contributed by atoms with van der Waals surface area (Å²) in [4.78, 5) is 7.70. The van der Waals surface area contributed by atoms with E-state index in [4.69, 9.17) is 6.57 Å². The molecule has 0 fully saturated rings. The molecule has 16 heavy (non-hydrogen) atoms. The third-order valence-electron chi connectivity index (χ3n) is 2.29. The second-order valence-electron chi connectivity index (χ2n) is 3.33. The molecule has 0 spiro atoms. The molecule has 1 aromatic carbocycles. The van der Waals surface area contributed by atoms with Crippen LogP contribution in [0.1, 0.15) is 5.56 Å². The summed E-state index contributed by atoms with van der Waals surface area (Å²) in [6.45, 7) is 9.00. The van der Waals surface area contributed by atoms with Crippen molar-refractivity contribution in [2.75, 3.05) is 0 Å². The monoisotopic (exact) mass is 387 g/mol. The molecule has 0 atom stereocenters. The molecule has 0 aliphatic heterocycles. The maximum absolute atomic E-state index is 6.98. The van der Waals surface area contributed by atoms with Crippen LogP contribution in [0.4, 0.5) is 5.69 Å². The van der Waals surface area contributed by atoms with Crippen molar-refractivity contribution in [1.82, 2.24) is 4.98 Å². The zero-order valence-electron chi connectivity index (χ0n) is 8.77. The molecule has 0 aliphatic carbocycles. The molecular formula is C13H10IrN2. The van der Waals surface area contributed by atoms with E-state index < -0.39 is 0 Å². The van der Waals surface area contributed by atoms with E-state index in [1.165, 1.54) is 0 Å². The Morgan fingerprint density at radius 2 is 2.00 bits per heavy atom. The smallest absolute Gasteiger partial charge is 0.187 e. The number of hydrogen-bond acceptors (Lipinski definition) is 1. The van der Waals surface area contributed by atoms with Gasteiger partial charge in [-0.15, -0.1) is 0 Å². The first-order chi connectivity index (χ1) is 7.31. The quantitative estimate of drug-likeness (QED) is 0.685. The van der Waals surface area contributed by atoms with Crippen LogP contribution in [0, 0.1) is 13.5 Å². The van der Waals surface area contributed by atoms with Crippen LogP contribution >= 0.6 is 0 Å². The van der Waals surface area contributed by atoms with Gasteiger partial charge in [0.2, 0.25) is 0 Å². The molecule has 0 amide bonds. The van der Waals surface area contributed by atoms with Crippen LogP contribution in [0.15, 0.2) is 42.6 Å². The van der Waals surface area contributed by atoms with Gasteiger partial charge < -0.3 is 0 Å². The summed E-state index contributed by atoms with van der Waals surface area (Å²) >= 11 is 0. The minimum atomic E-state index is 0. The molecule has 0 aliphatic rings. The molecule has 0 saturated heterocycles. The average molecular weight is 386 g/mol. The minimum Gasteiger partial charge on any atom is -0.256 e. The van der Waals surface area contributed by atoms with E-state index in [0.717, 1.165) is 16.8 Å². The van der Waals surface area contributed by atoms with Crippen LogP contribution in [-0.4, -0.2) is 4.98 Å². The first kappa shape index (κ1) is 12.6. The first-order valence-electron chi connectivity index (χ1n) is 4.71. The summed E-state index contributed by atoms with van der Waals surface area (Å²) in [5, 5.41) is 0. The predicted molar refractivity (Wildman–Crippen MR) is 60.7 cm³/mol. The molecule has 3 heteroatoms. The van der Waals surface area contributed by atoms with Crippen molar-refractivity contribution in [3.05, 3.63) is 59.6 Å². The van der Waals surface area contributed by atoms with E-state index >= 15 is 0 Å². The van der Waals surface area contributed by atoms with Gasteiger partial charge in [0.05, 0.1) is 12.3 Å². The van der Waals surface area contributed by atoms with E-state index in [-0.39, 0.29) is 20.1 Å². The summed E-state index contributed by atoms with van der Waals surface area (Å²) in [6.07, 6.45) is 1.76. The second kappa shape index (κ2) is 5.55. The van der Waals surface area contributed by atoms with Crippen LogP contribution in [0.2, 0.25) is 0 Å². The first-order valence-corrected chi connectivity index (χ1v) is 4.71. The zero-order valence-corrected chi connectivity index (χ0v) is 11.2. The van der Waals surface area contributed by atoms with Gasteiger partial charge in [0.15, 0.2) is 5.69 Å². The Morgan fingerprint density at radius 1 is 1.19 bits per heavy atom. The number of hydrogen-bond donors (Lipinski definition) is 0. The molecule has 1 radical (unpaired) electrons. The Hall–Kier alpha value is -1.49. The van der Waals surface area contributed by atoms with Crippen LogP contribution in [-0.2, 0) is 20.1 Å². The largest absolute Gasteiger partial charge is 0.256 e. The molecule has 2 nitrogen and oxygen atoms in total. The normalized spacial score (nSPS) is 9.00. The predicted octanol–water partition coefficient (Wildman–Crippen LogP) is 3.61. The Morgan fingerprint density at radius 3 is 2.62 bits per heavy atom. The number of aryl methyl sites for hydroxylation is 1. The van der Waals surface area contributed by atoms with Crippen molar-refractivity contribution in [2.45, 2.75) is 6.92 Å². The van der Waals surface area contributed by atoms with Gasteiger partial charge >= 0.3 is 0 Å². The van der Waals surface area contributed by atoms with Crippen LogP contribution < -0.4 is 0 Å². The number of rotatable bonds is 1. The van der Waals surface area contributed by atoms with E-state index in [1.54, 1.807) is 6.20 Å². The minimum absolute atomic E-state index is 0. The van der Waals surface area contributed by atoms with Crippen molar-refractivity contribution in [2.24, 2.45) is 0 Å². The van der Waals surface area contributed by atoms with Gasteiger partial charge in [-0.25, -0.2) is 4.85 Å². The van der Waals surface area contributed by atoms with Crippen molar-refractivity contribution in [3.8, 4) is 11.3 Å². The van der Waals surface area contributed by atoms with Crippen molar-refractivity contribution >= 4 is 5.69 Å². The molecule has 0 N–H and O–H groups in total. The summed E-state index contributed by atoms with van der Waals surface area (Å²) in [7, 11) is 0. The van der Waals surface area contributed by atoms with Gasteiger partial charge in [0.1, 0.15) is 0 Å². The molecule has 0 saturated carbocycles. The fourth-order valence-electron chi connectivity index (χ4n) is 1.48. The van der Waals surface area contributed by atoms with Crippen molar-refractivity contribution in [1.29, 1.82) is 0 Å². The van der Waals surface area contributed by atoms with Crippen LogP contribution in [0.5, 0.6) is 0 Å². The maximum atomic E-state index is 6.98. The summed E-state index contributed by atoms with van der Waals surface area (Å²) in [6, 6.07) is 11.5. The maximum Gasteiger partial charge on any atom is 0.187 e. The number of nitrogens with zero attached hydrogens (tertiary/aromatic N) is 2. The van der Waals surface area contributed by atoms with E-state index in [2.05, 4.69) is 9.83 Å². The van der Waals surface area contributed by atoms with Crippen LogP contribution in [0.3, 0.4) is 0 Å². The van der Waals surface area contributed by atoms with Gasteiger partial charge in [-0.1, -0.05) is 18.2 Å². The fourth-order valence-corrected chi connectivity index (χ4v) is 1.48. The third kappa shape index (κ3) is 2.55. The topological polar surface area (TPSA) is 17.2 Å². The van der Waals surface area contributed by atoms with Gasteiger partial charge in [-0.3, -0.25) is 4.98 Å². The summed E-state index contributed by atoms with van der Waals surface area (Å²) < 4.78 is 0. The molecule has 81 valence electrons. The Bertz CT molecular complexity index is 515. The fraction of sp³-hybridized carbons (Fsp3) is 0.0769. The number of aromatic nitrogens is 1. The van der Waals surface area contributed by atoms with Crippen molar-refractivity contribution < 1.29 is 20.1 Å². The molecular weight excluding hydrogens is 376 g/mol. The van der Waals surface area contributed by atoms with E-state index in [1.807, 2.05) is 43.3 Å². The van der Waals surface area contributed by atoms with E-state index in [0.29, 0.717) is 5.69 Å². The second-order valence-corrected chi connectivity index (χ2v) is 3.33. The standard InChI is InChI=1S/C13H10N2.Ir/c1-10-6-7-11(14-2)9-12(10)13-5-3-4-8-15-13;/h3-9H,1H3;. The Labute approximate surface area is 109 Å². The van der Waals surface area contributed by atoms with E-state index in [9.17, 15) is 0 Å². The average Bonchev–Trinajstić information content (AvgIpc) is 2.31. The molecule has 1 aromatic heterocycles. The summed E-state index contributed by atoms with van der Waals surface area (Å²) in [5.74, 6) is 0. The molecule has 2 rings (SSSR count). The van der Waals surface area contributed by atoms with Crippen LogP contribution in [0.25, 0.3) is 16.1 Å². The third-order valence-corrected chi connectivity index (χ3v) is 2.29. The molecule has 0 bridgehead atoms. The Balaban J connectivity index is 0.00000128. The van der Waals surface area contributed by atoms with Gasteiger partial charge in [-0.2, -0.15) is 0 Å². The molecule has 1 heterocycles.